The lowest BCUT2D eigenvalue weighted by Crippen LogP contribution is -2.31. The van der Waals surface area contributed by atoms with Crippen molar-refractivity contribution in [2.24, 2.45) is 0 Å². The van der Waals surface area contributed by atoms with Gasteiger partial charge in [-0.1, -0.05) is 113 Å². The van der Waals surface area contributed by atoms with E-state index in [9.17, 15) is 10.2 Å². The summed E-state index contributed by atoms with van der Waals surface area (Å²) in [5, 5.41) is 21.7. The predicted molar refractivity (Wildman–Crippen MR) is 126 cm³/mol. The van der Waals surface area contributed by atoms with E-state index < -0.39 is 18.3 Å². The second-order valence-electron chi connectivity index (χ2n) is 8.13. The lowest BCUT2D eigenvalue weighted by molar-refractivity contribution is -0.113. The fourth-order valence-corrected chi connectivity index (χ4v) is 3.72. The third-order valence-electron chi connectivity index (χ3n) is 5.58. The molecule has 0 amide bonds. The maximum absolute atomic E-state index is 10.9. The number of hydrogen-bond acceptors (Lipinski definition) is 4. The maximum Gasteiger partial charge on any atom is 0.118 e. The lowest BCUT2D eigenvalue weighted by atomic mass is 9.96. The molecule has 172 valence electrons. The highest BCUT2D eigenvalue weighted by Crippen LogP contribution is 2.29. The van der Waals surface area contributed by atoms with Crippen molar-refractivity contribution in [2.45, 2.75) is 76.6 Å². The Bertz CT molecular complexity index is 616. The molecule has 4 nitrogen and oxygen atoms in total. The highest BCUT2D eigenvalue weighted by molar-refractivity contribution is 5.23. The second-order valence-corrected chi connectivity index (χ2v) is 8.13. The summed E-state index contributed by atoms with van der Waals surface area (Å²) in [6.45, 7) is 3.75. The number of hydrogen-bond donors (Lipinski definition) is 2. The minimum Gasteiger partial charge on any atom is -0.386 e. The molecule has 0 aliphatic heterocycles. The van der Waals surface area contributed by atoms with Gasteiger partial charge in [-0.2, -0.15) is 0 Å². The Balaban J connectivity index is 1.72. The minimum atomic E-state index is -0.927. The Morgan fingerprint density at radius 1 is 0.613 bits per heavy atom. The molecular formula is C27H40O4. The van der Waals surface area contributed by atoms with Crippen molar-refractivity contribution in [1.29, 1.82) is 0 Å². The molecule has 2 unspecified atom stereocenters. The molecule has 2 rings (SSSR count). The molecule has 2 N–H and O–H groups in total. The molecule has 2 atom stereocenters. The molecule has 2 aromatic rings. The maximum atomic E-state index is 10.9. The SMILES string of the molecule is CCCCCCCCCCOCCOC(C(O)c1ccccc1)C(O)c1ccccc1. The first kappa shape index (κ1) is 25.5. The molecule has 0 spiro atoms. The average Bonchev–Trinajstić information content (AvgIpc) is 2.82. The van der Waals surface area contributed by atoms with Gasteiger partial charge in [0.25, 0.3) is 0 Å². The summed E-state index contributed by atoms with van der Waals surface area (Å²) < 4.78 is 11.6. The second kappa shape index (κ2) is 16.0. The third-order valence-corrected chi connectivity index (χ3v) is 5.58. The fourth-order valence-electron chi connectivity index (χ4n) is 3.72. The van der Waals surface area contributed by atoms with Crippen molar-refractivity contribution >= 4 is 0 Å². The summed E-state index contributed by atoms with van der Waals surface area (Å²) in [5.74, 6) is 0. The van der Waals surface area contributed by atoms with Crippen LogP contribution in [0.25, 0.3) is 0 Å². The van der Waals surface area contributed by atoms with Crippen molar-refractivity contribution in [3.8, 4) is 0 Å². The molecular weight excluding hydrogens is 388 g/mol. The van der Waals surface area contributed by atoms with Gasteiger partial charge < -0.3 is 19.7 Å². The number of benzene rings is 2. The zero-order valence-corrected chi connectivity index (χ0v) is 19.0. The van der Waals surface area contributed by atoms with Crippen molar-refractivity contribution in [3.63, 3.8) is 0 Å². The Kier molecular flexibility index (Phi) is 13.2. The van der Waals surface area contributed by atoms with Gasteiger partial charge in [0.1, 0.15) is 18.3 Å². The molecule has 0 aliphatic rings. The van der Waals surface area contributed by atoms with E-state index in [1.54, 1.807) is 0 Å². The van der Waals surface area contributed by atoms with Gasteiger partial charge in [0.2, 0.25) is 0 Å². The highest BCUT2D eigenvalue weighted by Gasteiger charge is 2.30. The molecule has 0 aliphatic carbocycles. The zero-order valence-electron chi connectivity index (χ0n) is 19.0. The summed E-state index contributed by atoms with van der Waals surface area (Å²) >= 11 is 0. The van der Waals surface area contributed by atoms with Crippen molar-refractivity contribution < 1.29 is 19.7 Å². The first-order chi connectivity index (χ1) is 15.2. The normalized spacial score (nSPS) is 14.3. The van der Waals surface area contributed by atoms with Crippen LogP contribution in [0.1, 0.15) is 81.6 Å². The standard InChI is InChI=1S/C27H40O4/c1-2-3-4-5-6-7-8-15-20-30-21-22-31-27(25(28)23-16-11-9-12-17-23)26(29)24-18-13-10-14-19-24/h9-14,16-19,25-29H,2-8,15,20-22H2,1H3. The topological polar surface area (TPSA) is 58.9 Å². The van der Waals surface area contributed by atoms with E-state index in [2.05, 4.69) is 6.92 Å². The molecule has 4 heteroatoms. The van der Waals surface area contributed by atoms with Gasteiger partial charge in [-0.3, -0.25) is 0 Å². The van der Waals surface area contributed by atoms with E-state index in [0.717, 1.165) is 24.2 Å². The highest BCUT2D eigenvalue weighted by atomic mass is 16.5. The van der Waals surface area contributed by atoms with E-state index >= 15 is 0 Å². The van der Waals surface area contributed by atoms with Crippen LogP contribution in [0.3, 0.4) is 0 Å². The molecule has 0 aromatic heterocycles. The number of rotatable bonds is 17. The Labute approximate surface area is 188 Å². The molecule has 0 saturated heterocycles. The smallest absolute Gasteiger partial charge is 0.118 e. The molecule has 0 radical (unpaired) electrons. The van der Waals surface area contributed by atoms with Gasteiger partial charge in [0.05, 0.1) is 13.2 Å². The fraction of sp³-hybridized carbons (Fsp3) is 0.556. The van der Waals surface area contributed by atoms with Crippen LogP contribution in [0.2, 0.25) is 0 Å². The van der Waals surface area contributed by atoms with Gasteiger partial charge >= 0.3 is 0 Å². The monoisotopic (exact) mass is 428 g/mol. The van der Waals surface area contributed by atoms with E-state index in [-0.39, 0.29) is 0 Å². The van der Waals surface area contributed by atoms with Crippen LogP contribution >= 0.6 is 0 Å². The van der Waals surface area contributed by atoms with E-state index in [1.807, 2.05) is 60.7 Å². The van der Waals surface area contributed by atoms with Crippen LogP contribution in [-0.4, -0.2) is 36.1 Å². The van der Waals surface area contributed by atoms with E-state index in [1.165, 1.54) is 44.9 Å². The van der Waals surface area contributed by atoms with Crippen molar-refractivity contribution in [1.82, 2.24) is 0 Å². The molecule has 2 aromatic carbocycles. The average molecular weight is 429 g/mol. The number of aliphatic hydroxyl groups excluding tert-OH is 2. The largest absolute Gasteiger partial charge is 0.386 e. The first-order valence-electron chi connectivity index (χ1n) is 11.9. The molecule has 31 heavy (non-hydrogen) atoms. The Morgan fingerprint density at radius 2 is 1.10 bits per heavy atom. The van der Waals surface area contributed by atoms with Gasteiger partial charge in [-0.25, -0.2) is 0 Å². The number of unbranched alkanes of at least 4 members (excludes halogenated alkanes) is 7. The van der Waals surface area contributed by atoms with Crippen LogP contribution in [0.15, 0.2) is 60.7 Å². The Hall–Kier alpha value is -1.72. The zero-order chi connectivity index (χ0) is 22.2. The van der Waals surface area contributed by atoms with Crippen LogP contribution in [0.5, 0.6) is 0 Å². The van der Waals surface area contributed by atoms with Crippen LogP contribution in [0.4, 0.5) is 0 Å². The summed E-state index contributed by atoms with van der Waals surface area (Å²) in [4.78, 5) is 0. The predicted octanol–water partition coefficient (Wildman–Crippen LogP) is 6.00. The van der Waals surface area contributed by atoms with Crippen LogP contribution in [-0.2, 0) is 9.47 Å². The minimum absolute atomic E-state index is 0.329. The molecule has 0 fully saturated rings. The van der Waals surface area contributed by atoms with Crippen molar-refractivity contribution in [3.05, 3.63) is 71.8 Å². The van der Waals surface area contributed by atoms with Gasteiger partial charge in [0.15, 0.2) is 0 Å². The van der Waals surface area contributed by atoms with Crippen LogP contribution in [0, 0.1) is 0 Å². The molecule has 0 saturated carbocycles. The van der Waals surface area contributed by atoms with Crippen molar-refractivity contribution in [2.75, 3.05) is 19.8 Å². The Morgan fingerprint density at radius 3 is 1.61 bits per heavy atom. The van der Waals surface area contributed by atoms with Gasteiger partial charge in [-0.05, 0) is 17.5 Å². The summed E-state index contributed by atoms with van der Waals surface area (Å²) in [6.07, 6.45) is 7.59. The third kappa shape index (κ3) is 9.96. The quantitative estimate of drug-likeness (QED) is 0.304. The van der Waals surface area contributed by atoms with Gasteiger partial charge in [0, 0.05) is 6.61 Å². The number of ether oxygens (including phenoxy) is 2. The van der Waals surface area contributed by atoms with Gasteiger partial charge in [-0.15, -0.1) is 0 Å². The summed E-state index contributed by atoms with van der Waals surface area (Å²) in [5.41, 5.74) is 1.45. The van der Waals surface area contributed by atoms with E-state index in [4.69, 9.17) is 9.47 Å². The number of aliphatic hydroxyl groups is 2. The summed E-state index contributed by atoms with van der Waals surface area (Å²) in [6, 6.07) is 18.7. The van der Waals surface area contributed by atoms with Crippen LogP contribution < -0.4 is 0 Å². The first-order valence-corrected chi connectivity index (χ1v) is 11.9. The molecule has 0 heterocycles. The summed E-state index contributed by atoms with van der Waals surface area (Å²) in [7, 11) is 0. The molecule has 0 bridgehead atoms. The lowest BCUT2D eigenvalue weighted by Gasteiger charge is -2.28. The van der Waals surface area contributed by atoms with E-state index in [0.29, 0.717) is 13.2 Å².